The highest BCUT2D eigenvalue weighted by atomic mass is 79.9. The minimum atomic E-state index is -0.836. The average Bonchev–Trinajstić information content (AvgIpc) is 3.44. The third kappa shape index (κ3) is 2.72. The van der Waals surface area contributed by atoms with E-state index in [9.17, 15) is 14.7 Å². The number of carbonyl (C=O) groups excluding carboxylic acids is 1. The molecule has 4 nitrogen and oxygen atoms in total. The Kier molecular flexibility index (Phi) is 4.46. The van der Waals surface area contributed by atoms with Crippen LogP contribution in [0.3, 0.4) is 0 Å². The number of fused-ring (bicyclic) bond motifs is 1. The number of halogens is 1. The Hall–Kier alpha value is -1.62. The number of rotatable bonds is 5. The van der Waals surface area contributed by atoms with Crippen molar-refractivity contribution in [3.63, 3.8) is 0 Å². The largest absolute Gasteiger partial charge is 0.481 e. The van der Waals surface area contributed by atoms with Gasteiger partial charge >= 0.3 is 5.97 Å². The van der Waals surface area contributed by atoms with Crippen molar-refractivity contribution in [2.75, 3.05) is 5.32 Å². The van der Waals surface area contributed by atoms with Gasteiger partial charge in [0.2, 0.25) is 5.91 Å². The number of amides is 1. The first-order chi connectivity index (χ1) is 12.5. The summed E-state index contributed by atoms with van der Waals surface area (Å²) in [6.45, 7) is 4.13. The summed E-state index contributed by atoms with van der Waals surface area (Å²) in [5.74, 6) is -0.983. The third-order valence-electron chi connectivity index (χ3n) is 6.52. The van der Waals surface area contributed by atoms with Crippen LogP contribution in [0.2, 0.25) is 0 Å². The molecule has 1 aromatic carbocycles. The first-order valence-corrected chi connectivity index (χ1v) is 10.3. The van der Waals surface area contributed by atoms with E-state index in [1.165, 1.54) is 0 Å². The lowest BCUT2D eigenvalue weighted by Gasteiger charge is -2.41. The Bertz CT molecular complexity index is 777. The quantitative estimate of drug-likeness (QED) is 0.702. The SMILES string of the molecule is CCc1cc(Br)cc(CC)c1NC(=O)[C@@H]1[C@H]2C=C[C@@H]([C@@H]3C[C@H]23)[C@@H]1C(=O)O. The zero-order valence-electron chi connectivity index (χ0n) is 15.0. The van der Waals surface area contributed by atoms with Gasteiger partial charge in [-0.1, -0.05) is 41.9 Å². The van der Waals surface area contributed by atoms with Crippen LogP contribution in [-0.4, -0.2) is 17.0 Å². The molecule has 0 aromatic heterocycles. The fourth-order valence-corrected chi connectivity index (χ4v) is 5.77. The van der Waals surface area contributed by atoms with Crippen LogP contribution in [-0.2, 0) is 22.4 Å². The van der Waals surface area contributed by atoms with Crippen LogP contribution < -0.4 is 5.32 Å². The number of hydrogen-bond donors (Lipinski definition) is 2. The van der Waals surface area contributed by atoms with Crippen molar-refractivity contribution < 1.29 is 14.7 Å². The Labute approximate surface area is 162 Å². The Morgan fingerprint density at radius 3 is 2.12 bits per heavy atom. The van der Waals surface area contributed by atoms with Crippen molar-refractivity contribution in [1.82, 2.24) is 0 Å². The summed E-state index contributed by atoms with van der Waals surface area (Å²) < 4.78 is 1.01. The molecule has 0 radical (unpaired) electrons. The number of aryl methyl sites for hydroxylation is 2. The molecule has 1 aromatic rings. The van der Waals surface area contributed by atoms with Crippen LogP contribution >= 0.6 is 15.9 Å². The standard InChI is InChI=1S/C21H24BrNO3/c1-3-10-7-12(22)8-11(4-2)19(10)23-20(24)17-13-5-6-14(16-9-15(13)16)18(17)21(25)26/h5-8,13-18H,3-4,9H2,1-2H3,(H,23,24)(H,25,26)/t13-,14-,15+,16-,17+,18-/m0/s1. The van der Waals surface area contributed by atoms with E-state index in [-0.39, 0.29) is 17.7 Å². The number of carboxylic acid groups (broad SMARTS) is 1. The van der Waals surface area contributed by atoms with E-state index in [1.807, 2.05) is 12.1 Å². The van der Waals surface area contributed by atoms with E-state index in [0.29, 0.717) is 11.8 Å². The number of nitrogens with one attached hydrogen (secondary N) is 1. The second-order valence-electron chi connectivity index (χ2n) is 7.79. The van der Waals surface area contributed by atoms with Crippen LogP contribution in [0, 0.1) is 35.5 Å². The molecule has 0 heterocycles. The fraction of sp³-hybridized carbons (Fsp3) is 0.524. The molecule has 0 saturated heterocycles. The van der Waals surface area contributed by atoms with Crippen molar-refractivity contribution in [2.45, 2.75) is 33.1 Å². The molecular weight excluding hydrogens is 394 g/mol. The molecule has 138 valence electrons. The van der Waals surface area contributed by atoms with E-state index in [4.69, 9.17) is 0 Å². The van der Waals surface area contributed by atoms with Crippen molar-refractivity contribution in [1.29, 1.82) is 0 Å². The van der Waals surface area contributed by atoms with E-state index in [1.54, 1.807) is 0 Å². The summed E-state index contributed by atoms with van der Waals surface area (Å²) >= 11 is 3.54. The molecule has 6 atom stereocenters. The molecule has 2 fully saturated rings. The van der Waals surface area contributed by atoms with E-state index in [2.05, 4.69) is 47.2 Å². The molecule has 0 spiro atoms. The zero-order valence-corrected chi connectivity index (χ0v) is 16.6. The lowest BCUT2D eigenvalue weighted by Crippen LogP contribution is -2.48. The van der Waals surface area contributed by atoms with Crippen LogP contribution in [0.5, 0.6) is 0 Å². The number of allylic oxidation sites excluding steroid dienone is 2. The minimum Gasteiger partial charge on any atom is -0.481 e. The second kappa shape index (κ2) is 6.52. The summed E-state index contributed by atoms with van der Waals surface area (Å²) in [5, 5.41) is 12.9. The van der Waals surface area contributed by atoms with Crippen LogP contribution in [0.1, 0.15) is 31.4 Å². The average molecular weight is 418 g/mol. The van der Waals surface area contributed by atoms with Crippen LogP contribution in [0.4, 0.5) is 5.69 Å². The Morgan fingerprint density at radius 2 is 1.62 bits per heavy atom. The monoisotopic (exact) mass is 417 g/mol. The maximum Gasteiger partial charge on any atom is 0.307 e. The summed E-state index contributed by atoms with van der Waals surface area (Å²) in [5.41, 5.74) is 3.03. The van der Waals surface area contributed by atoms with Gasteiger partial charge in [-0.15, -0.1) is 0 Å². The molecular formula is C21H24BrNO3. The number of aliphatic carboxylic acids is 1. The maximum atomic E-state index is 13.2. The summed E-state index contributed by atoms with van der Waals surface area (Å²) in [6.07, 6.45) is 6.84. The molecule has 2 saturated carbocycles. The molecule has 5 heteroatoms. The predicted molar refractivity (Wildman–Crippen MR) is 104 cm³/mol. The summed E-state index contributed by atoms with van der Waals surface area (Å²) in [7, 11) is 0. The Balaban J connectivity index is 1.66. The van der Waals surface area contributed by atoms with Gasteiger partial charge in [0.1, 0.15) is 0 Å². The fourth-order valence-electron chi connectivity index (χ4n) is 5.22. The van der Waals surface area contributed by atoms with Gasteiger partial charge in [-0.05, 0) is 66.2 Å². The highest BCUT2D eigenvalue weighted by molar-refractivity contribution is 9.10. The van der Waals surface area contributed by atoms with Gasteiger partial charge in [-0.2, -0.15) is 0 Å². The molecule has 4 aliphatic rings. The smallest absolute Gasteiger partial charge is 0.307 e. The van der Waals surface area contributed by atoms with Crippen molar-refractivity contribution >= 4 is 33.5 Å². The topological polar surface area (TPSA) is 66.4 Å². The lowest BCUT2D eigenvalue weighted by molar-refractivity contribution is -0.152. The molecule has 0 unspecified atom stereocenters. The highest BCUT2D eigenvalue weighted by Crippen LogP contribution is 2.63. The van der Waals surface area contributed by atoms with Gasteiger partial charge in [0.15, 0.2) is 0 Å². The van der Waals surface area contributed by atoms with E-state index in [0.717, 1.165) is 40.5 Å². The Morgan fingerprint density at radius 1 is 1.08 bits per heavy atom. The number of carbonyl (C=O) groups is 2. The zero-order chi connectivity index (χ0) is 18.6. The van der Waals surface area contributed by atoms with E-state index >= 15 is 0 Å². The van der Waals surface area contributed by atoms with Crippen molar-refractivity contribution in [2.24, 2.45) is 35.5 Å². The second-order valence-corrected chi connectivity index (χ2v) is 8.70. The van der Waals surface area contributed by atoms with Gasteiger partial charge in [0.25, 0.3) is 0 Å². The lowest BCUT2D eigenvalue weighted by atomic mass is 9.62. The van der Waals surface area contributed by atoms with Crippen molar-refractivity contribution in [3.8, 4) is 0 Å². The molecule has 0 aliphatic heterocycles. The molecule has 4 aliphatic carbocycles. The molecule has 1 amide bonds. The van der Waals surface area contributed by atoms with Gasteiger partial charge < -0.3 is 10.4 Å². The van der Waals surface area contributed by atoms with Gasteiger partial charge in [-0.3, -0.25) is 9.59 Å². The van der Waals surface area contributed by atoms with Gasteiger partial charge in [-0.25, -0.2) is 0 Å². The minimum absolute atomic E-state index is 0.0134. The van der Waals surface area contributed by atoms with Crippen LogP contribution in [0.15, 0.2) is 28.8 Å². The summed E-state index contributed by atoms with van der Waals surface area (Å²) in [4.78, 5) is 25.2. The third-order valence-corrected chi connectivity index (χ3v) is 6.97. The van der Waals surface area contributed by atoms with Crippen LogP contribution in [0.25, 0.3) is 0 Å². The molecule has 5 rings (SSSR count). The first-order valence-electron chi connectivity index (χ1n) is 9.49. The predicted octanol–water partition coefficient (Wildman–Crippen LogP) is 4.28. The van der Waals surface area contributed by atoms with Gasteiger partial charge in [0, 0.05) is 10.2 Å². The molecule has 26 heavy (non-hydrogen) atoms. The summed E-state index contributed by atoms with van der Waals surface area (Å²) in [6, 6.07) is 4.07. The molecule has 2 N–H and O–H groups in total. The molecule has 2 bridgehead atoms. The highest BCUT2D eigenvalue weighted by Gasteiger charge is 2.63. The van der Waals surface area contributed by atoms with Gasteiger partial charge in [0.05, 0.1) is 11.8 Å². The maximum absolute atomic E-state index is 13.2. The number of hydrogen-bond acceptors (Lipinski definition) is 2. The van der Waals surface area contributed by atoms with Crippen molar-refractivity contribution in [3.05, 3.63) is 39.9 Å². The number of anilines is 1. The number of benzene rings is 1. The normalized spacial score (nSPS) is 33.7. The first kappa shape index (κ1) is 17.8. The number of carboxylic acids is 1. The van der Waals surface area contributed by atoms with E-state index < -0.39 is 17.8 Å².